The van der Waals surface area contributed by atoms with Gasteiger partial charge in [-0.2, -0.15) is 21.0 Å². The molecule has 0 aliphatic carbocycles. The van der Waals surface area contributed by atoms with Gasteiger partial charge in [-0.05, 0) is 141 Å². The average molecular weight is 1690 g/mol. The molecule has 3 aliphatic heterocycles. The van der Waals surface area contributed by atoms with E-state index in [9.17, 15) is 33.2 Å². The number of ether oxygens (including phenoxy) is 2. The lowest BCUT2D eigenvalue weighted by Crippen LogP contribution is -2.54. The molecule has 0 radical (unpaired) electrons. The lowest BCUT2D eigenvalue weighted by molar-refractivity contribution is -0.131. The second kappa shape index (κ2) is 37.2. The first-order valence-electron chi connectivity index (χ1n) is 33.6. The molecule has 0 saturated carbocycles. The van der Waals surface area contributed by atoms with Gasteiger partial charge >= 0.3 is 12.2 Å². The molecule has 0 spiro atoms. The number of nitrogens with one attached hydrogen (secondary N) is 3. The van der Waals surface area contributed by atoms with Crippen molar-refractivity contribution in [2.75, 3.05) is 61.0 Å². The van der Waals surface area contributed by atoms with E-state index in [2.05, 4.69) is 84.4 Å². The van der Waals surface area contributed by atoms with Gasteiger partial charge < -0.3 is 63.9 Å². The molecule has 27 nitrogen and oxygen atoms in total. The number of nitrogen functional groups attached to an aromatic ring is 1. The van der Waals surface area contributed by atoms with Crippen LogP contribution in [0.15, 0.2) is 177 Å². The van der Waals surface area contributed by atoms with Gasteiger partial charge in [-0.1, -0.05) is 129 Å². The maximum absolute atomic E-state index is 15.4. The predicted octanol–water partition coefficient (Wildman–Crippen LogP) is 16.3. The summed E-state index contributed by atoms with van der Waals surface area (Å²) in [4.78, 5) is 76.7. The Kier molecular flexibility index (Phi) is 28.4. The van der Waals surface area contributed by atoms with E-state index in [1.165, 1.54) is 32.9 Å². The summed E-state index contributed by atoms with van der Waals surface area (Å²) in [5.41, 5.74) is 1.80. The maximum Gasteiger partial charge on any atom is 0.410 e. The Balaban J connectivity index is 0.000000178. The number of rotatable bonds is 12. The number of aromatic nitrogens is 4. The third kappa shape index (κ3) is 24.4. The second-order valence-electron chi connectivity index (χ2n) is 26.9. The largest absolute Gasteiger partial charge is 0.444 e. The third-order valence-corrected chi connectivity index (χ3v) is 17.4. The van der Waals surface area contributed by atoms with Crippen molar-refractivity contribution in [3.05, 3.63) is 176 Å². The van der Waals surface area contributed by atoms with Crippen molar-refractivity contribution >= 4 is 107 Å². The lowest BCUT2D eigenvalue weighted by atomic mass is 9.94. The van der Waals surface area contributed by atoms with Crippen molar-refractivity contribution in [2.24, 2.45) is 0 Å². The number of carbonyl (C=O) groups excluding carboxylic acids is 6. The fourth-order valence-corrected chi connectivity index (χ4v) is 12.0. The van der Waals surface area contributed by atoms with E-state index in [-0.39, 0.29) is 62.0 Å². The zero-order valence-corrected chi connectivity index (χ0v) is 64.5. The van der Waals surface area contributed by atoms with E-state index in [4.69, 9.17) is 54.3 Å². The Morgan fingerprint density at radius 1 is 0.495 bits per heavy atom. The van der Waals surface area contributed by atoms with E-state index in [0.717, 1.165) is 24.5 Å². The number of likely N-dealkylation sites (tertiary alicyclic amines) is 3. The third-order valence-electron chi connectivity index (χ3n) is 15.9. The molecule has 5 aromatic carbocycles. The van der Waals surface area contributed by atoms with E-state index in [0.29, 0.717) is 95.6 Å². The van der Waals surface area contributed by atoms with Gasteiger partial charge in [0.2, 0.25) is 17.0 Å². The molecule has 33 heteroatoms. The number of anilines is 4. The molecule has 5 N–H and O–H groups in total. The van der Waals surface area contributed by atoms with Crippen LogP contribution in [0.3, 0.4) is 0 Å². The lowest BCUT2D eigenvalue weighted by Gasteiger charge is -2.36. The van der Waals surface area contributed by atoms with Crippen LogP contribution in [-0.4, -0.2) is 138 Å². The number of piperidine rings is 3. The highest BCUT2D eigenvalue weighted by atomic mass is 79.9. The van der Waals surface area contributed by atoms with Crippen molar-refractivity contribution in [1.82, 2.24) is 35.3 Å². The number of Topliss-reactive ketones (excluding diaryl/α,β-unsaturated/α-hetero) is 1. The number of halogens is 6. The summed E-state index contributed by atoms with van der Waals surface area (Å²) in [7, 11) is 0. The molecular formula is C76H73Br3F3N15O12. The maximum atomic E-state index is 15.4. The topological polar surface area (TPSA) is 392 Å². The van der Waals surface area contributed by atoms with Gasteiger partial charge in [-0.15, -0.1) is 0 Å². The Morgan fingerprint density at radius 3 is 1.21 bits per heavy atom. The number of hydrogen-bond donors (Lipinski definition) is 4. The SMILES string of the molecule is CC(C)(C)OC(=O)N1CCCC(F)(C(=O)Nc2cc(-c3cccc(Br)c3)on2)C1.CC(C)(C)OC(=O)N1CCCC(F)(C(=O)Nc2cc(-c3cccc(C#N)c3)on2)C1.N#CCC(=O)c1cccc(Br)c1.N#Cc1cccc(-c2cc(NC(=O)C3(F)CCCN(C#N)C3)no2)c1.Nc1cc(-c2cccc(Br)c2)on1. The molecule has 12 rings (SSSR count). The normalized spacial score (nSPS) is 17.2. The smallest absolute Gasteiger partial charge is 0.410 e. The molecule has 3 atom stereocenters. The summed E-state index contributed by atoms with van der Waals surface area (Å²) in [5.74, 6) is -0.328. The van der Waals surface area contributed by atoms with Crippen molar-refractivity contribution in [3.63, 3.8) is 0 Å². The summed E-state index contributed by atoms with van der Waals surface area (Å²) < 4.78 is 79.4. The highest BCUT2D eigenvalue weighted by Gasteiger charge is 2.47. The summed E-state index contributed by atoms with van der Waals surface area (Å²) >= 11 is 10.00. The predicted molar refractivity (Wildman–Crippen MR) is 404 cm³/mol. The van der Waals surface area contributed by atoms with Crippen molar-refractivity contribution in [1.29, 1.82) is 21.0 Å². The number of alkyl halides is 3. The second-order valence-corrected chi connectivity index (χ2v) is 29.7. The molecular weight excluding hydrogens is 1610 g/mol. The van der Waals surface area contributed by atoms with Crippen LogP contribution in [0.25, 0.3) is 45.3 Å². The van der Waals surface area contributed by atoms with Crippen LogP contribution in [0.5, 0.6) is 0 Å². The summed E-state index contributed by atoms with van der Waals surface area (Å²) in [6.45, 7) is 10.4. The van der Waals surface area contributed by atoms with Gasteiger partial charge in [0.25, 0.3) is 17.7 Å². The first-order chi connectivity index (χ1) is 51.7. The van der Waals surface area contributed by atoms with E-state index < -0.39 is 64.7 Å². The molecule has 3 aliphatic rings. The Hall–Kier alpha value is -11.7. The van der Waals surface area contributed by atoms with Crippen LogP contribution in [0.2, 0.25) is 0 Å². The number of benzene rings is 5. The fraction of sp³-hybridized carbons (Fsp3) is 0.316. The quantitative estimate of drug-likeness (QED) is 0.0652. The monoisotopic (exact) mass is 1680 g/mol. The summed E-state index contributed by atoms with van der Waals surface area (Å²) in [6, 6.07) is 47.5. The number of carbonyl (C=O) groups is 6. The van der Waals surface area contributed by atoms with Crippen molar-refractivity contribution in [2.45, 2.75) is 115 Å². The van der Waals surface area contributed by atoms with Crippen LogP contribution in [0.1, 0.15) is 108 Å². The number of nitrogens with two attached hydrogens (primary N) is 1. The molecule has 3 saturated heterocycles. The molecule has 3 fully saturated rings. The highest BCUT2D eigenvalue weighted by Crippen LogP contribution is 2.34. The van der Waals surface area contributed by atoms with Gasteiger partial charge in [0.1, 0.15) is 11.2 Å². The number of amides is 5. The molecule has 0 bridgehead atoms. The summed E-state index contributed by atoms with van der Waals surface area (Å²) in [5, 5.41) is 57.2. The molecule has 7 heterocycles. The summed E-state index contributed by atoms with van der Waals surface area (Å²) in [6.07, 6.45) is 1.65. The highest BCUT2D eigenvalue weighted by molar-refractivity contribution is 9.11. The Labute approximate surface area is 649 Å². The fourth-order valence-electron chi connectivity index (χ4n) is 10.8. The number of nitrogens with zero attached hydrogens (tertiary/aromatic N) is 11. The minimum Gasteiger partial charge on any atom is -0.444 e. The Bertz CT molecular complexity index is 4910. The minimum atomic E-state index is -2.27. The van der Waals surface area contributed by atoms with Gasteiger partial charge in [-0.3, -0.25) is 19.2 Å². The zero-order chi connectivity index (χ0) is 79.3. The van der Waals surface area contributed by atoms with E-state index in [1.807, 2.05) is 79.0 Å². The van der Waals surface area contributed by atoms with Gasteiger partial charge in [0.15, 0.2) is 58.3 Å². The first-order valence-corrected chi connectivity index (χ1v) is 36.0. The molecule has 5 amide bonds. The first kappa shape index (κ1) is 83.0. The molecule has 109 heavy (non-hydrogen) atoms. The van der Waals surface area contributed by atoms with Crippen LogP contribution >= 0.6 is 47.8 Å². The Morgan fingerprint density at radius 2 is 0.853 bits per heavy atom. The van der Waals surface area contributed by atoms with E-state index in [1.54, 1.807) is 114 Å². The molecule has 9 aromatic rings. The number of nitriles is 4. The number of ketones is 1. The standard InChI is InChI=1S/C21H23FN4O4.C20H23BrFN3O4.C17H14FN5O2.C9H7BrN2O.C9H6BrNO/c1-20(2,3)29-19(28)26-9-5-8-21(22,13-26)18(27)24-17-11-16(30-25-17)15-7-4-6-14(10-15)12-23;1-19(2,3)28-18(27)25-9-5-8-20(22,12-25)17(26)23-16-11-15(29-24-16)13-6-4-7-14(21)10-13;18-17(5-2-6-23(10-17)11-20)16(24)21-15-8-14(25-22-15)13-4-1-3-12(7-13)9-19;10-7-3-1-2-6(4-7)8-5-9(11)12-13-8;10-8-3-1-2-7(6-8)9(12)4-5-11/h4,6-7,10-11H,5,8-9,13H2,1-3H3,(H,24,25,27);4,6-7,10-11H,5,8-9,12H2,1-3H3,(H,23,24,26);1,3-4,7-8H,2,5-6,10H2,(H,21,22,24);1-5H,(H2,11,12);1-3,6H,4H2. The molecule has 3 unspecified atom stereocenters. The van der Waals surface area contributed by atoms with Crippen LogP contribution in [0, 0.1) is 45.4 Å². The average Bonchev–Trinajstić information content (AvgIpc) is 1.51. The van der Waals surface area contributed by atoms with Crippen LogP contribution in [-0.2, 0) is 23.9 Å². The minimum absolute atomic E-state index is 0.00840. The van der Waals surface area contributed by atoms with Crippen LogP contribution < -0.4 is 21.7 Å². The zero-order valence-electron chi connectivity index (χ0n) is 59.7. The molecule has 4 aromatic heterocycles. The van der Waals surface area contributed by atoms with Crippen molar-refractivity contribution in [3.8, 4) is 69.7 Å². The van der Waals surface area contributed by atoms with E-state index >= 15 is 8.78 Å². The van der Waals surface area contributed by atoms with Gasteiger partial charge in [-0.25, -0.2) is 22.8 Å². The van der Waals surface area contributed by atoms with Gasteiger partial charge in [0, 0.05) is 85.1 Å². The van der Waals surface area contributed by atoms with Crippen LogP contribution in [0.4, 0.5) is 46.0 Å². The molecule has 566 valence electrons. The van der Waals surface area contributed by atoms with Gasteiger partial charge in [0.05, 0.1) is 55.4 Å². The van der Waals surface area contributed by atoms with Crippen molar-refractivity contribution < 1.29 is 69.5 Å². The number of hydrogen-bond acceptors (Lipinski definition) is 22.